The monoisotopic (exact) mass is 425 g/mol. The smallest absolute Gasteiger partial charge is 0.413 e. The van der Waals surface area contributed by atoms with Crippen molar-refractivity contribution in [1.29, 1.82) is 0 Å². The summed E-state index contributed by atoms with van der Waals surface area (Å²) in [5.74, 6) is -0.956. The number of alkyl halides is 3. The molecule has 0 bridgehead atoms. The molecule has 0 spiro atoms. The molecule has 3 nitrogen and oxygen atoms in total. The van der Waals surface area contributed by atoms with Gasteiger partial charge in [-0.05, 0) is 36.1 Å². The van der Waals surface area contributed by atoms with E-state index in [0.717, 1.165) is 4.90 Å². The van der Waals surface area contributed by atoms with Crippen LogP contribution < -0.4 is 4.74 Å². The Balaban J connectivity index is 2.04. The zero-order valence-corrected chi connectivity index (χ0v) is 17.0. The highest BCUT2D eigenvalue weighted by molar-refractivity contribution is 6.30. The maximum absolute atomic E-state index is 14.1. The van der Waals surface area contributed by atoms with Gasteiger partial charge in [-0.3, -0.25) is 4.79 Å². The van der Waals surface area contributed by atoms with Crippen LogP contribution in [-0.2, 0) is 4.79 Å². The van der Waals surface area contributed by atoms with Gasteiger partial charge < -0.3 is 9.64 Å². The average Bonchev–Trinajstić information content (AvgIpc) is 2.85. The van der Waals surface area contributed by atoms with Gasteiger partial charge in [-0.2, -0.15) is 13.2 Å². The molecule has 2 aromatic rings. The molecule has 156 valence electrons. The van der Waals surface area contributed by atoms with Crippen LogP contribution in [0.15, 0.2) is 48.5 Å². The minimum Gasteiger partial charge on any atom is -0.491 e. The van der Waals surface area contributed by atoms with E-state index in [0.29, 0.717) is 17.0 Å². The summed E-state index contributed by atoms with van der Waals surface area (Å²) in [6.07, 6.45) is -4.19. The topological polar surface area (TPSA) is 29.5 Å². The molecule has 1 heterocycles. The minimum atomic E-state index is -4.62. The van der Waals surface area contributed by atoms with Crippen LogP contribution in [0.25, 0.3) is 0 Å². The lowest BCUT2D eigenvalue weighted by atomic mass is 9.88. The van der Waals surface area contributed by atoms with Crippen molar-refractivity contribution in [2.24, 2.45) is 5.92 Å². The second kappa shape index (κ2) is 8.66. The number of rotatable bonds is 4. The molecule has 3 rings (SSSR count). The van der Waals surface area contributed by atoms with E-state index in [4.69, 9.17) is 16.3 Å². The number of amides is 1. The molecule has 0 saturated heterocycles. The van der Waals surface area contributed by atoms with Gasteiger partial charge in [-0.25, -0.2) is 0 Å². The van der Waals surface area contributed by atoms with Gasteiger partial charge >= 0.3 is 6.18 Å². The Bertz CT molecular complexity index is 852. The molecule has 1 aliphatic heterocycles. The van der Waals surface area contributed by atoms with Gasteiger partial charge in [-0.15, -0.1) is 0 Å². The molecule has 2 atom stereocenters. The number of hydrogen-bond acceptors (Lipinski definition) is 2. The van der Waals surface area contributed by atoms with Crippen LogP contribution in [0.3, 0.4) is 0 Å². The fourth-order valence-corrected chi connectivity index (χ4v) is 3.85. The molecule has 0 N–H and O–H groups in total. The number of ether oxygens (including phenoxy) is 1. The van der Waals surface area contributed by atoms with Crippen molar-refractivity contribution < 1.29 is 22.7 Å². The highest BCUT2D eigenvalue weighted by Crippen LogP contribution is 2.44. The molecule has 29 heavy (non-hydrogen) atoms. The minimum absolute atomic E-state index is 0.00432. The number of fused-ring (bicyclic) bond motifs is 1. The second-order valence-corrected chi connectivity index (χ2v) is 8.03. The van der Waals surface area contributed by atoms with Crippen molar-refractivity contribution in [2.45, 2.75) is 38.4 Å². The van der Waals surface area contributed by atoms with E-state index in [1.165, 1.54) is 18.2 Å². The normalized spacial score (nSPS) is 18.0. The Morgan fingerprint density at radius 1 is 1.17 bits per heavy atom. The van der Waals surface area contributed by atoms with Gasteiger partial charge in [0.2, 0.25) is 5.91 Å². The third kappa shape index (κ3) is 4.86. The second-order valence-electron chi connectivity index (χ2n) is 7.60. The molecule has 0 radical (unpaired) electrons. The van der Waals surface area contributed by atoms with E-state index in [1.54, 1.807) is 30.3 Å². The third-order valence-electron chi connectivity index (χ3n) is 4.99. The summed E-state index contributed by atoms with van der Waals surface area (Å²) in [6.45, 7) is 3.75. The van der Waals surface area contributed by atoms with Crippen molar-refractivity contribution in [3.8, 4) is 5.75 Å². The van der Waals surface area contributed by atoms with Crippen molar-refractivity contribution in [3.63, 3.8) is 0 Å². The van der Waals surface area contributed by atoms with Crippen molar-refractivity contribution in [1.82, 2.24) is 4.90 Å². The summed E-state index contributed by atoms with van der Waals surface area (Å²) in [7, 11) is 0. The quantitative estimate of drug-likeness (QED) is 0.601. The average molecular weight is 426 g/mol. The molecular weight excluding hydrogens is 403 g/mol. The van der Waals surface area contributed by atoms with E-state index < -0.39 is 24.0 Å². The number of para-hydroxylation sites is 1. The summed E-state index contributed by atoms with van der Waals surface area (Å²) < 4.78 is 47.9. The van der Waals surface area contributed by atoms with Crippen molar-refractivity contribution in [3.05, 3.63) is 64.7 Å². The first-order valence-corrected chi connectivity index (χ1v) is 9.90. The van der Waals surface area contributed by atoms with Gasteiger partial charge in [0.15, 0.2) is 6.04 Å². The standard InChI is InChI=1S/C22H23ClF3NO2/c1-14(2)13-18(15-7-9-16(23)10-8-15)21(28)27-11-12-29-19-6-4-3-5-17(19)20(27)22(24,25)26/h3-10,14,18,20H,11-13H2,1-2H3. The summed E-state index contributed by atoms with van der Waals surface area (Å²) in [5, 5.41) is 0.509. The van der Waals surface area contributed by atoms with Gasteiger partial charge in [0.25, 0.3) is 0 Å². The largest absolute Gasteiger partial charge is 0.491 e. The summed E-state index contributed by atoms with van der Waals surface area (Å²) in [4.78, 5) is 14.4. The molecule has 7 heteroatoms. The maximum Gasteiger partial charge on any atom is 0.413 e. The highest BCUT2D eigenvalue weighted by Gasteiger charge is 2.49. The van der Waals surface area contributed by atoms with Crippen LogP contribution in [0.1, 0.15) is 43.4 Å². The first-order valence-electron chi connectivity index (χ1n) is 9.53. The Morgan fingerprint density at radius 3 is 2.45 bits per heavy atom. The van der Waals surface area contributed by atoms with E-state index in [-0.39, 0.29) is 30.4 Å². The Kier molecular flexibility index (Phi) is 6.42. The van der Waals surface area contributed by atoms with Crippen LogP contribution >= 0.6 is 11.6 Å². The predicted molar refractivity (Wildman–Crippen MR) is 106 cm³/mol. The molecule has 0 aromatic heterocycles. The molecular formula is C22H23ClF3NO2. The third-order valence-corrected chi connectivity index (χ3v) is 5.24. The van der Waals surface area contributed by atoms with Crippen molar-refractivity contribution in [2.75, 3.05) is 13.2 Å². The summed E-state index contributed by atoms with van der Waals surface area (Å²) >= 11 is 5.95. The number of carbonyl (C=O) groups is 1. The number of halogens is 4. The van der Waals surface area contributed by atoms with Gasteiger partial charge in [0, 0.05) is 10.6 Å². The summed E-state index contributed by atoms with van der Waals surface area (Å²) in [6, 6.07) is 10.7. The number of nitrogens with zero attached hydrogens (tertiary/aromatic N) is 1. The Morgan fingerprint density at radius 2 is 1.83 bits per heavy atom. The Labute approximate surface area is 173 Å². The van der Waals surface area contributed by atoms with Crippen LogP contribution in [0, 0.1) is 5.92 Å². The van der Waals surface area contributed by atoms with E-state index >= 15 is 0 Å². The van der Waals surface area contributed by atoms with Crippen LogP contribution in [0.5, 0.6) is 5.75 Å². The van der Waals surface area contributed by atoms with Gasteiger partial charge in [0.05, 0.1) is 12.5 Å². The first-order chi connectivity index (χ1) is 13.7. The van der Waals surface area contributed by atoms with E-state index in [2.05, 4.69) is 0 Å². The fourth-order valence-electron chi connectivity index (χ4n) is 3.73. The lowest BCUT2D eigenvalue weighted by molar-refractivity contribution is -0.192. The lowest BCUT2D eigenvalue weighted by Gasteiger charge is -2.34. The van der Waals surface area contributed by atoms with Crippen LogP contribution in [-0.4, -0.2) is 30.1 Å². The zero-order chi connectivity index (χ0) is 21.2. The van der Waals surface area contributed by atoms with Gasteiger partial charge in [0.1, 0.15) is 12.4 Å². The number of hydrogen-bond donors (Lipinski definition) is 0. The predicted octanol–water partition coefficient (Wildman–Crippen LogP) is 5.99. The SMILES string of the molecule is CC(C)CC(C(=O)N1CCOc2ccccc2C1C(F)(F)F)c1ccc(Cl)cc1. The zero-order valence-electron chi connectivity index (χ0n) is 16.2. The molecule has 1 amide bonds. The maximum atomic E-state index is 14.1. The summed E-state index contributed by atoms with van der Waals surface area (Å²) in [5.41, 5.74) is 0.623. The molecule has 1 aliphatic rings. The molecule has 0 saturated carbocycles. The number of benzene rings is 2. The van der Waals surface area contributed by atoms with Crippen molar-refractivity contribution >= 4 is 17.5 Å². The van der Waals surface area contributed by atoms with E-state index in [1.807, 2.05) is 13.8 Å². The number of carbonyl (C=O) groups excluding carboxylic acids is 1. The van der Waals surface area contributed by atoms with Crippen LogP contribution in [0.4, 0.5) is 13.2 Å². The molecule has 0 aliphatic carbocycles. The first kappa shape index (κ1) is 21.5. The molecule has 2 aromatic carbocycles. The fraction of sp³-hybridized carbons (Fsp3) is 0.409. The lowest BCUT2D eigenvalue weighted by Crippen LogP contribution is -2.45. The molecule has 2 unspecified atom stereocenters. The van der Waals surface area contributed by atoms with Gasteiger partial charge in [-0.1, -0.05) is 55.8 Å². The highest BCUT2D eigenvalue weighted by atomic mass is 35.5. The molecule has 0 fully saturated rings. The van der Waals surface area contributed by atoms with Crippen LogP contribution in [0.2, 0.25) is 5.02 Å². The Hall–Kier alpha value is -2.21. The van der Waals surface area contributed by atoms with E-state index in [9.17, 15) is 18.0 Å².